The Kier molecular flexibility index (Phi) is 11.3. The molecule has 1 amide bonds. The highest BCUT2D eigenvalue weighted by molar-refractivity contribution is 14.1. The predicted octanol–water partition coefficient (Wildman–Crippen LogP) is 4.76. The SMILES string of the molecule is CCCC(C)C(C(=O)N[C@@H](CC(C)CC)C(C)=O)C(I)CC. The molecule has 0 saturated heterocycles. The Labute approximate surface area is 150 Å². The maximum atomic E-state index is 12.8. The average molecular weight is 423 g/mol. The van der Waals surface area contributed by atoms with Crippen molar-refractivity contribution in [1.82, 2.24) is 5.32 Å². The van der Waals surface area contributed by atoms with E-state index in [1.54, 1.807) is 6.92 Å². The van der Waals surface area contributed by atoms with Crippen molar-refractivity contribution in [1.29, 1.82) is 0 Å². The van der Waals surface area contributed by atoms with Gasteiger partial charge in [-0.15, -0.1) is 0 Å². The third kappa shape index (κ3) is 7.42. The summed E-state index contributed by atoms with van der Waals surface area (Å²) in [6, 6.07) is -0.334. The van der Waals surface area contributed by atoms with Gasteiger partial charge >= 0.3 is 0 Å². The zero-order chi connectivity index (χ0) is 17.3. The first-order chi connectivity index (χ1) is 10.3. The number of Topliss-reactive ketones (excluding diaryl/α,β-unsaturated/α-hetero) is 1. The third-order valence-electron chi connectivity index (χ3n) is 4.58. The van der Waals surface area contributed by atoms with Gasteiger partial charge in [0.1, 0.15) is 0 Å². The fraction of sp³-hybridized carbons (Fsp3) is 0.889. The number of nitrogens with one attached hydrogen (secondary N) is 1. The van der Waals surface area contributed by atoms with E-state index in [0.29, 0.717) is 15.8 Å². The number of hydrogen-bond donors (Lipinski definition) is 1. The largest absolute Gasteiger partial charge is 0.346 e. The van der Waals surface area contributed by atoms with Crippen LogP contribution in [0.5, 0.6) is 0 Å². The average Bonchev–Trinajstić information content (AvgIpc) is 2.46. The Morgan fingerprint density at radius 3 is 2.09 bits per heavy atom. The number of carbonyl (C=O) groups excluding carboxylic acids is 2. The van der Waals surface area contributed by atoms with Gasteiger partial charge < -0.3 is 5.32 Å². The van der Waals surface area contributed by atoms with Crippen molar-refractivity contribution in [3.05, 3.63) is 0 Å². The molecule has 4 heteroatoms. The molecule has 0 rings (SSSR count). The number of carbonyl (C=O) groups is 2. The van der Waals surface area contributed by atoms with E-state index in [4.69, 9.17) is 0 Å². The van der Waals surface area contributed by atoms with Crippen LogP contribution in [0.4, 0.5) is 0 Å². The molecule has 0 aliphatic carbocycles. The summed E-state index contributed by atoms with van der Waals surface area (Å²) in [5.74, 6) is 0.914. The second kappa shape index (κ2) is 11.4. The van der Waals surface area contributed by atoms with E-state index in [1.807, 2.05) is 0 Å². The van der Waals surface area contributed by atoms with Crippen LogP contribution in [0.25, 0.3) is 0 Å². The Bertz CT molecular complexity index is 346. The van der Waals surface area contributed by atoms with Gasteiger partial charge in [-0.2, -0.15) is 0 Å². The number of alkyl halides is 1. The fourth-order valence-corrected chi connectivity index (χ4v) is 3.87. The zero-order valence-electron chi connectivity index (χ0n) is 15.1. The number of amides is 1. The molecule has 0 radical (unpaired) electrons. The molecule has 0 spiro atoms. The van der Waals surface area contributed by atoms with Crippen molar-refractivity contribution in [2.24, 2.45) is 17.8 Å². The zero-order valence-corrected chi connectivity index (χ0v) is 17.3. The number of rotatable bonds is 11. The van der Waals surface area contributed by atoms with Gasteiger partial charge in [0.2, 0.25) is 5.91 Å². The second-order valence-electron chi connectivity index (χ2n) is 6.64. The van der Waals surface area contributed by atoms with Crippen LogP contribution in [0.2, 0.25) is 0 Å². The minimum Gasteiger partial charge on any atom is -0.346 e. The van der Waals surface area contributed by atoms with E-state index < -0.39 is 0 Å². The van der Waals surface area contributed by atoms with Crippen LogP contribution in [0, 0.1) is 17.8 Å². The van der Waals surface area contributed by atoms with Crippen molar-refractivity contribution in [2.75, 3.05) is 0 Å². The summed E-state index contributed by atoms with van der Waals surface area (Å²) >= 11 is 2.39. The lowest BCUT2D eigenvalue weighted by molar-refractivity contribution is -0.131. The summed E-state index contributed by atoms with van der Waals surface area (Å²) in [4.78, 5) is 24.6. The molecule has 0 bridgehead atoms. The highest BCUT2D eigenvalue weighted by Crippen LogP contribution is 2.28. The van der Waals surface area contributed by atoms with E-state index in [1.165, 1.54) is 0 Å². The number of hydrogen-bond acceptors (Lipinski definition) is 2. The maximum absolute atomic E-state index is 12.8. The standard InChI is InChI=1S/C18H34INO2/c1-7-10-13(5)17(15(19)9-3)18(22)20-16(14(6)21)11-12(4)8-2/h12-13,15-17H,7-11H2,1-6H3,(H,20,22)/t12?,13?,15?,16-,17?/m0/s1. The molecule has 0 fully saturated rings. The van der Waals surface area contributed by atoms with Crippen molar-refractivity contribution < 1.29 is 9.59 Å². The highest BCUT2D eigenvalue weighted by atomic mass is 127. The van der Waals surface area contributed by atoms with E-state index in [0.717, 1.165) is 32.1 Å². The lowest BCUT2D eigenvalue weighted by Crippen LogP contribution is -2.47. The van der Waals surface area contributed by atoms with Gasteiger partial charge in [-0.1, -0.05) is 76.5 Å². The lowest BCUT2D eigenvalue weighted by atomic mass is 9.85. The first-order valence-electron chi connectivity index (χ1n) is 8.73. The van der Waals surface area contributed by atoms with Crippen LogP contribution in [-0.2, 0) is 9.59 Å². The summed E-state index contributed by atoms with van der Waals surface area (Å²) in [7, 11) is 0. The van der Waals surface area contributed by atoms with Gasteiger partial charge in [-0.25, -0.2) is 0 Å². The summed E-state index contributed by atoms with van der Waals surface area (Å²) < 4.78 is 0.315. The monoisotopic (exact) mass is 423 g/mol. The predicted molar refractivity (Wildman–Crippen MR) is 102 cm³/mol. The molecule has 0 heterocycles. The molecule has 0 saturated carbocycles. The lowest BCUT2D eigenvalue weighted by Gasteiger charge is -2.29. The van der Waals surface area contributed by atoms with E-state index in [-0.39, 0.29) is 23.7 Å². The molecular formula is C18H34INO2. The Morgan fingerprint density at radius 1 is 1.09 bits per heavy atom. The van der Waals surface area contributed by atoms with E-state index >= 15 is 0 Å². The Morgan fingerprint density at radius 2 is 1.68 bits per heavy atom. The van der Waals surface area contributed by atoms with Crippen LogP contribution in [0.15, 0.2) is 0 Å². The normalized spacial score (nSPS) is 18.1. The highest BCUT2D eigenvalue weighted by Gasteiger charge is 2.32. The molecule has 0 aliphatic heterocycles. The Hall–Kier alpha value is -0.130. The molecule has 0 aromatic carbocycles. The maximum Gasteiger partial charge on any atom is 0.225 e. The van der Waals surface area contributed by atoms with Gasteiger partial charge in [-0.05, 0) is 31.6 Å². The quantitative estimate of drug-likeness (QED) is 0.385. The fourth-order valence-electron chi connectivity index (χ4n) is 2.83. The first kappa shape index (κ1) is 21.9. The molecule has 0 aliphatic rings. The Balaban J connectivity index is 4.99. The number of halogens is 1. The minimum atomic E-state index is -0.334. The molecule has 1 N–H and O–H groups in total. The smallest absolute Gasteiger partial charge is 0.225 e. The molecule has 3 nitrogen and oxygen atoms in total. The molecule has 0 aromatic heterocycles. The van der Waals surface area contributed by atoms with Gasteiger partial charge in [0.15, 0.2) is 5.78 Å². The van der Waals surface area contributed by atoms with E-state index in [2.05, 4.69) is 62.5 Å². The van der Waals surface area contributed by atoms with Crippen LogP contribution in [0.1, 0.15) is 73.6 Å². The van der Waals surface area contributed by atoms with Crippen molar-refractivity contribution >= 4 is 34.3 Å². The molecule has 130 valence electrons. The number of ketones is 1. The van der Waals surface area contributed by atoms with E-state index in [9.17, 15) is 9.59 Å². The van der Waals surface area contributed by atoms with Gasteiger partial charge in [0.05, 0.1) is 12.0 Å². The van der Waals surface area contributed by atoms with Crippen LogP contribution >= 0.6 is 22.6 Å². The van der Waals surface area contributed by atoms with Crippen LogP contribution < -0.4 is 5.32 Å². The van der Waals surface area contributed by atoms with Crippen LogP contribution in [0.3, 0.4) is 0 Å². The van der Waals surface area contributed by atoms with Gasteiger partial charge in [-0.3, -0.25) is 9.59 Å². The molecule has 4 unspecified atom stereocenters. The molecule has 22 heavy (non-hydrogen) atoms. The van der Waals surface area contributed by atoms with Gasteiger partial charge in [0.25, 0.3) is 0 Å². The molecule has 0 aromatic rings. The summed E-state index contributed by atoms with van der Waals surface area (Å²) in [5.41, 5.74) is 0. The molecule has 5 atom stereocenters. The topological polar surface area (TPSA) is 46.2 Å². The first-order valence-corrected chi connectivity index (χ1v) is 9.97. The summed E-state index contributed by atoms with van der Waals surface area (Å²) in [6.45, 7) is 12.3. The summed E-state index contributed by atoms with van der Waals surface area (Å²) in [5, 5.41) is 3.04. The van der Waals surface area contributed by atoms with Gasteiger partial charge in [0, 0.05) is 3.92 Å². The van der Waals surface area contributed by atoms with Crippen LogP contribution in [-0.4, -0.2) is 21.7 Å². The van der Waals surface area contributed by atoms with Crippen molar-refractivity contribution in [2.45, 2.75) is 83.6 Å². The van der Waals surface area contributed by atoms with Crippen molar-refractivity contribution in [3.63, 3.8) is 0 Å². The molecular weight excluding hydrogens is 389 g/mol. The second-order valence-corrected chi connectivity index (χ2v) is 8.24. The third-order valence-corrected chi connectivity index (χ3v) is 6.24. The minimum absolute atomic E-state index is 0.00988. The summed E-state index contributed by atoms with van der Waals surface area (Å²) in [6.07, 6.45) is 4.88. The van der Waals surface area contributed by atoms with Crippen molar-refractivity contribution in [3.8, 4) is 0 Å².